The van der Waals surface area contributed by atoms with Gasteiger partial charge in [-0.1, -0.05) is 47.5 Å². The van der Waals surface area contributed by atoms with Crippen molar-refractivity contribution in [2.45, 2.75) is 13.3 Å². The lowest BCUT2D eigenvalue weighted by atomic mass is 10.1. The van der Waals surface area contributed by atoms with E-state index >= 15 is 0 Å². The summed E-state index contributed by atoms with van der Waals surface area (Å²) in [7, 11) is 2.08. The van der Waals surface area contributed by atoms with Gasteiger partial charge in [0.05, 0.1) is 22.9 Å². The minimum Gasteiger partial charge on any atom is -0.493 e. The average molecular weight is 417 g/mol. The first-order valence-electron chi connectivity index (χ1n) is 8.94. The van der Waals surface area contributed by atoms with Crippen molar-refractivity contribution >= 4 is 34.8 Å². The van der Waals surface area contributed by atoms with Gasteiger partial charge in [-0.05, 0) is 37.1 Å². The fourth-order valence-corrected chi connectivity index (χ4v) is 3.49. The largest absolute Gasteiger partial charge is 0.493 e. The molecule has 0 aliphatic heterocycles. The second kappa shape index (κ2) is 9.13. The molecular weight excluding hydrogens is 395 g/mol. The maximum absolute atomic E-state index is 6.40. The molecular formula is C21H22Cl2N4O. The van der Waals surface area contributed by atoms with Gasteiger partial charge in [0, 0.05) is 25.3 Å². The number of nitrogens with zero attached hydrogens (tertiary/aromatic N) is 3. The molecule has 0 fully saturated rings. The number of aryl methyl sites for hydroxylation is 1. The van der Waals surface area contributed by atoms with E-state index in [0.717, 1.165) is 13.0 Å². The molecule has 28 heavy (non-hydrogen) atoms. The zero-order valence-electron chi connectivity index (χ0n) is 15.8. The topological polar surface area (TPSA) is 64.3 Å². The van der Waals surface area contributed by atoms with E-state index in [2.05, 4.69) is 41.0 Å². The number of para-hydroxylation sites is 1. The van der Waals surface area contributed by atoms with Crippen LogP contribution in [0.5, 0.6) is 5.75 Å². The highest BCUT2D eigenvalue weighted by Gasteiger charge is 2.14. The van der Waals surface area contributed by atoms with Crippen LogP contribution in [-0.2, 0) is 0 Å². The second-order valence-corrected chi connectivity index (χ2v) is 7.25. The Balaban J connectivity index is 1.68. The number of hydrogen-bond donors (Lipinski definition) is 1. The van der Waals surface area contributed by atoms with E-state index in [-0.39, 0.29) is 11.1 Å². The molecule has 7 heteroatoms. The smallest absolute Gasteiger partial charge is 0.221 e. The second-order valence-electron chi connectivity index (χ2n) is 6.46. The predicted octanol–water partition coefficient (Wildman–Crippen LogP) is 5.25. The summed E-state index contributed by atoms with van der Waals surface area (Å²) in [6.45, 7) is 3.52. The lowest BCUT2D eigenvalue weighted by Crippen LogP contribution is -2.21. The first-order valence-corrected chi connectivity index (χ1v) is 9.70. The van der Waals surface area contributed by atoms with Crippen molar-refractivity contribution in [3.8, 4) is 17.0 Å². The molecule has 0 atom stereocenters. The van der Waals surface area contributed by atoms with Crippen molar-refractivity contribution in [2.24, 2.45) is 0 Å². The van der Waals surface area contributed by atoms with Gasteiger partial charge in [0.25, 0.3) is 0 Å². The number of ether oxygens (including phenoxy) is 1. The lowest BCUT2D eigenvalue weighted by Gasteiger charge is -2.21. The molecule has 0 spiro atoms. The summed E-state index contributed by atoms with van der Waals surface area (Å²) in [6.07, 6.45) is 0.851. The van der Waals surface area contributed by atoms with Crippen LogP contribution in [0.3, 0.4) is 0 Å². The Morgan fingerprint density at radius 3 is 2.61 bits per heavy atom. The number of anilines is 2. The molecule has 1 heterocycles. The molecule has 0 unspecified atom stereocenters. The minimum absolute atomic E-state index is 0.0909. The molecule has 3 aromatic rings. The number of nitrogens with two attached hydrogens (primary N) is 1. The molecule has 0 amide bonds. The summed E-state index contributed by atoms with van der Waals surface area (Å²) in [4.78, 5) is 10.4. The van der Waals surface area contributed by atoms with Crippen molar-refractivity contribution in [1.82, 2.24) is 9.97 Å². The number of halogens is 2. The molecule has 0 saturated heterocycles. The standard InChI is InChI=1S/C21H22Cl2N4O/c1-14-7-3-4-9-17(14)27(2)11-6-12-28-18-10-5-8-15(22)20(18)16-13-19(23)26-21(24)25-16/h3-5,7-10,13H,6,11-12H2,1-2H3,(H2,24,25,26). The third-order valence-electron chi connectivity index (χ3n) is 4.37. The predicted molar refractivity (Wildman–Crippen MR) is 116 cm³/mol. The van der Waals surface area contributed by atoms with E-state index in [1.54, 1.807) is 12.1 Å². The number of aromatic nitrogens is 2. The highest BCUT2D eigenvalue weighted by Crippen LogP contribution is 2.36. The van der Waals surface area contributed by atoms with Gasteiger partial charge in [0.15, 0.2) is 0 Å². The zero-order valence-corrected chi connectivity index (χ0v) is 17.3. The summed E-state index contributed by atoms with van der Waals surface area (Å²) in [5, 5.41) is 0.775. The maximum atomic E-state index is 6.40. The SMILES string of the molecule is Cc1ccccc1N(C)CCCOc1cccc(Cl)c1-c1cc(Cl)nc(N)n1. The molecule has 0 aliphatic rings. The maximum Gasteiger partial charge on any atom is 0.221 e. The summed E-state index contributed by atoms with van der Waals surface area (Å²) in [5.41, 5.74) is 9.39. The Bertz CT molecular complexity index is 945. The van der Waals surface area contributed by atoms with Gasteiger partial charge in [-0.2, -0.15) is 0 Å². The number of hydrogen-bond acceptors (Lipinski definition) is 5. The summed E-state index contributed by atoms with van der Waals surface area (Å²) in [6, 6.07) is 15.4. The van der Waals surface area contributed by atoms with E-state index < -0.39 is 0 Å². The van der Waals surface area contributed by atoms with E-state index in [1.807, 2.05) is 24.3 Å². The molecule has 0 bridgehead atoms. The molecule has 2 aromatic carbocycles. The Morgan fingerprint density at radius 2 is 1.86 bits per heavy atom. The first kappa shape index (κ1) is 20.2. The third-order valence-corrected chi connectivity index (χ3v) is 4.87. The summed E-state index contributed by atoms with van der Waals surface area (Å²) in [5.74, 6) is 0.730. The number of nitrogen functional groups attached to an aromatic ring is 1. The quantitative estimate of drug-likeness (QED) is 0.420. The normalized spacial score (nSPS) is 10.7. The number of benzene rings is 2. The van der Waals surface area contributed by atoms with Crippen LogP contribution in [0.4, 0.5) is 11.6 Å². The highest BCUT2D eigenvalue weighted by atomic mass is 35.5. The van der Waals surface area contributed by atoms with Crippen LogP contribution in [0.25, 0.3) is 11.3 Å². The van der Waals surface area contributed by atoms with Gasteiger partial charge in [-0.15, -0.1) is 0 Å². The van der Waals surface area contributed by atoms with Gasteiger partial charge in [-0.25, -0.2) is 9.97 Å². The summed E-state index contributed by atoms with van der Waals surface area (Å²) < 4.78 is 6.01. The Labute approximate surface area is 175 Å². The highest BCUT2D eigenvalue weighted by molar-refractivity contribution is 6.34. The van der Waals surface area contributed by atoms with Crippen molar-refractivity contribution in [2.75, 3.05) is 30.8 Å². The minimum atomic E-state index is 0.0909. The lowest BCUT2D eigenvalue weighted by molar-refractivity contribution is 0.313. The molecule has 0 radical (unpaired) electrons. The zero-order chi connectivity index (χ0) is 20.1. The molecule has 3 rings (SSSR count). The molecule has 0 saturated carbocycles. The van der Waals surface area contributed by atoms with Gasteiger partial charge in [0.1, 0.15) is 10.9 Å². The van der Waals surface area contributed by atoms with Crippen LogP contribution in [0.2, 0.25) is 10.2 Å². The van der Waals surface area contributed by atoms with Crippen LogP contribution in [0, 0.1) is 6.92 Å². The van der Waals surface area contributed by atoms with E-state index in [9.17, 15) is 0 Å². The Kier molecular flexibility index (Phi) is 6.60. The van der Waals surface area contributed by atoms with Gasteiger partial charge >= 0.3 is 0 Å². The van der Waals surface area contributed by atoms with Crippen LogP contribution in [0.15, 0.2) is 48.5 Å². The summed E-state index contributed by atoms with van der Waals surface area (Å²) >= 11 is 12.4. The average Bonchev–Trinajstić information content (AvgIpc) is 2.64. The van der Waals surface area contributed by atoms with Crippen LogP contribution in [-0.4, -0.2) is 30.2 Å². The fraction of sp³-hybridized carbons (Fsp3) is 0.238. The van der Waals surface area contributed by atoms with Crippen molar-refractivity contribution in [1.29, 1.82) is 0 Å². The Hall–Kier alpha value is -2.50. The van der Waals surface area contributed by atoms with Crippen LogP contribution in [0.1, 0.15) is 12.0 Å². The van der Waals surface area contributed by atoms with Crippen molar-refractivity contribution in [3.05, 3.63) is 64.3 Å². The molecule has 0 aliphatic carbocycles. The van der Waals surface area contributed by atoms with Gasteiger partial charge < -0.3 is 15.4 Å². The van der Waals surface area contributed by atoms with Crippen LogP contribution >= 0.6 is 23.2 Å². The van der Waals surface area contributed by atoms with E-state index in [1.165, 1.54) is 11.3 Å². The van der Waals surface area contributed by atoms with Gasteiger partial charge in [-0.3, -0.25) is 0 Å². The third kappa shape index (κ3) is 4.86. The number of rotatable bonds is 7. The van der Waals surface area contributed by atoms with Crippen molar-refractivity contribution in [3.63, 3.8) is 0 Å². The molecule has 146 valence electrons. The molecule has 5 nitrogen and oxygen atoms in total. The van der Waals surface area contributed by atoms with Crippen LogP contribution < -0.4 is 15.4 Å². The monoisotopic (exact) mass is 416 g/mol. The first-order chi connectivity index (χ1) is 13.5. The van der Waals surface area contributed by atoms with Gasteiger partial charge in [0.2, 0.25) is 5.95 Å². The van der Waals surface area contributed by atoms with E-state index in [4.69, 9.17) is 33.7 Å². The molecule has 2 N–H and O–H groups in total. The Morgan fingerprint density at radius 1 is 1.07 bits per heavy atom. The fourth-order valence-electron chi connectivity index (χ4n) is 3.03. The molecule has 1 aromatic heterocycles. The van der Waals surface area contributed by atoms with E-state index in [0.29, 0.717) is 28.6 Å². The van der Waals surface area contributed by atoms with Crippen molar-refractivity contribution < 1.29 is 4.74 Å².